The molecule has 0 amide bonds. The first-order valence-electron chi connectivity index (χ1n) is 5.75. The molecular weight excluding hydrogens is 264 g/mol. The highest BCUT2D eigenvalue weighted by atomic mass is 35.5. The summed E-state index contributed by atoms with van der Waals surface area (Å²) in [5.74, 6) is 1.18. The Hall–Kier alpha value is -1.78. The molecule has 0 aliphatic rings. The van der Waals surface area contributed by atoms with Crippen LogP contribution < -0.4 is 15.2 Å². The van der Waals surface area contributed by atoms with Crippen LogP contribution in [-0.4, -0.2) is 19.2 Å². The lowest BCUT2D eigenvalue weighted by molar-refractivity contribution is 0.388. The third kappa shape index (κ3) is 2.80. The Morgan fingerprint density at radius 1 is 1.16 bits per heavy atom. The standard InChI is InChI=1S/C14H15ClN2O2/c1-18-12-6-5-9(15)8-11(12)13(16)10-4-3-7-17-14(10)19-2/h3-8,13H,16H2,1-2H3. The summed E-state index contributed by atoms with van der Waals surface area (Å²) in [6.45, 7) is 0. The Kier molecular flexibility index (Phi) is 4.24. The molecule has 1 unspecified atom stereocenters. The predicted molar refractivity (Wildman–Crippen MR) is 74.8 cm³/mol. The molecule has 1 aromatic heterocycles. The molecular formula is C14H15ClN2O2. The van der Waals surface area contributed by atoms with E-state index in [1.165, 1.54) is 0 Å². The smallest absolute Gasteiger partial charge is 0.218 e. The SMILES string of the molecule is COc1ccc(Cl)cc1C(N)c1cccnc1OC. The summed E-state index contributed by atoms with van der Waals surface area (Å²) in [5, 5.41) is 0.606. The number of rotatable bonds is 4. The Morgan fingerprint density at radius 3 is 2.63 bits per heavy atom. The summed E-state index contributed by atoms with van der Waals surface area (Å²) in [4.78, 5) is 4.15. The van der Waals surface area contributed by atoms with Gasteiger partial charge in [0.25, 0.3) is 0 Å². The van der Waals surface area contributed by atoms with Crippen molar-refractivity contribution in [1.29, 1.82) is 0 Å². The van der Waals surface area contributed by atoms with Crippen molar-refractivity contribution in [2.45, 2.75) is 6.04 Å². The van der Waals surface area contributed by atoms with Crippen molar-refractivity contribution >= 4 is 11.6 Å². The molecule has 0 aliphatic heterocycles. The van der Waals surface area contributed by atoms with Gasteiger partial charge in [-0.25, -0.2) is 4.98 Å². The van der Waals surface area contributed by atoms with Crippen LogP contribution in [0.2, 0.25) is 5.02 Å². The van der Waals surface area contributed by atoms with E-state index in [9.17, 15) is 0 Å². The lowest BCUT2D eigenvalue weighted by atomic mass is 9.99. The molecule has 2 aromatic rings. The molecule has 2 rings (SSSR count). The fourth-order valence-corrected chi connectivity index (χ4v) is 2.11. The lowest BCUT2D eigenvalue weighted by Gasteiger charge is -2.18. The molecule has 0 radical (unpaired) electrons. The van der Waals surface area contributed by atoms with Gasteiger partial charge < -0.3 is 15.2 Å². The predicted octanol–water partition coefficient (Wildman–Crippen LogP) is 2.80. The molecule has 1 heterocycles. The first-order chi connectivity index (χ1) is 9.17. The van der Waals surface area contributed by atoms with Crippen LogP contribution in [0.15, 0.2) is 36.5 Å². The fraction of sp³-hybridized carbons (Fsp3) is 0.214. The number of nitrogens with two attached hydrogens (primary N) is 1. The molecule has 0 spiro atoms. The number of halogens is 1. The second-order valence-corrected chi connectivity index (χ2v) is 4.40. The molecule has 1 atom stereocenters. The van der Waals surface area contributed by atoms with Gasteiger partial charge >= 0.3 is 0 Å². The molecule has 4 nitrogen and oxygen atoms in total. The van der Waals surface area contributed by atoms with E-state index in [-0.39, 0.29) is 0 Å². The number of hydrogen-bond donors (Lipinski definition) is 1. The minimum atomic E-state index is -0.419. The van der Waals surface area contributed by atoms with Crippen molar-refractivity contribution in [3.05, 3.63) is 52.7 Å². The topological polar surface area (TPSA) is 57.4 Å². The van der Waals surface area contributed by atoms with E-state index in [0.717, 1.165) is 11.1 Å². The highest BCUT2D eigenvalue weighted by Gasteiger charge is 2.18. The molecule has 1 aromatic carbocycles. The zero-order valence-corrected chi connectivity index (χ0v) is 11.5. The van der Waals surface area contributed by atoms with E-state index in [2.05, 4.69) is 4.98 Å². The molecule has 0 bridgehead atoms. The second-order valence-electron chi connectivity index (χ2n) is 3.97. The van der Waals surface area contributed by atoms with Gasteiger partial charge in [0.1, 0.15) is 5.75 Å². The number of ether oxygens (including phenoxy) is 2. The fourth-order valence-electron chi connectivity index (χ4n) is 1.93. The van der Waals surface area contributed by atoms with Gasteiger partial charge in [0.15, 0.2) is 0 Å². The van der Waals surface area contributed by atoms with Crippen LogP contribution in [0.1, 0.15) is 17.2 Å². The van der Waals surface area contributed by atoms with E-state index in [1.807, 2.05) is 12.1 Å². The maximum absolute atomic E-state index is 6.28. The van der Waals surface area contributed by atoms with Crippen molar-refractivity contribution in [1.82, 2.24) is 4.98 Å². The lowest BCUT2D eigenvalue weighted by Crippen LogP contribution is -2.14. The highest BCUT2D eigenvalue weighted by Crippen LogP contribution is 2.33. The van der Waals surface area contributed by atoms with Crippen molar-refractivity contribution in [3.8, 4) is 11.6 Å². The summed E-state index contributed by atoms with van der Waals surface area (Å²) >= 11 is 6.02. The number of nitrogens with zero attached hydrogens (tertiary/aromatic N) is 1. The van der Waals surface area contributed by atoms with E-state index < -0.39 is 6.04 Å². The summed E-state index contributed by atoms with van der Waals surface area (Å²) in [5.41, 5.74) is 7.86. The number of benzene rings is 1. The van der Waals surface area contributed by atoms with Crippen molar-refractivity contribution < 1.29 is 9.47 Å². The molecule has 100 valence electrons. The largest absolute Gasteiger partial charge is 0.496 e. The molecule has 19 heavy (non-hydrogen) atoms. The summed E-state index contributed by atoms with van der Waals surface area (Å²) in [6, 6.07) is 8.61. The van der Waals surface area contributed by atoms with Gasteiger partial charge in [-0.15, -0.1) is 0 Å². The molecule has 0 saturated heterocycles. The van der Waals surface area contributed by atoms with Crippen LogP contribution in [0.3, 0.4) is 0 Å². The Bertz CT molecular complexity index is 575. The monoisotopic (exact) mass is 278 g/mol. The van der Waals surface area contributed by atoms with Crippen LogP contribution in [0.25, 0.3) is 0 Å². The van der Waals surface area contributed by atoms with E-state index in [4.69, 9.17) is 26.8 Å². The van der Waals surface area contributed by atoms with Gasteiger partial charge in [-0.1, -0.05) is 17.7 Å². The Morgan fingerprint density at radius 2 is 1.95 bits per heavy atom. The molecule has 0 saturated carbocycles. The first-order valence-corrected chi connectivity index (χ1v) is 6.13. The number of methoxy groups -OCH3 is 2. The van der Waals surface area contributed by atoms with E-state index >= 15 is 0 Å². The summed E-state index contributed by atoms with van der Waals surface area (Å²) in [6.07, 6.45) is 1.66. The molecule has 0 aliphatic carbocycles. The Labute approximate surface area is 117 Å². The zero-order valence-electron chi connectivity index (χ0n) is 10.8. The van der Waals surface area contributed by atoms with Crippen LogP contribution in [0.4, 0.5) is 0 Å². The summed E-state index contributed by atoms with van der Waals surface area (Å²) < 4.78 is 10.5. The number of pyridine rings is 1. The van der Waals surface area contributed by atoms with Gasteiger partial charge in [0, 0.05) is 22.3 Å². The van der Waals surface area contributed by atoms with Gasteiger partial charge in [0.2, 0.25) is 5.88 Å². The van der Waals surface area contributed by atoms with Gasteiger partial charge in [-0.2, -0.15) is 0 Å². The minimum absolute atomic E-state index is 0.419. The van der Waals surface area contributed by atoms with Crippen LogP contribution in [0.5, 0.6) is 11.6 Å². The maximum Gasteiger partial charge on any atom is 0.218 e. The van der Waals surface area contributed by atoms with Gasteiger partial charge in [-0.05, 0) is 24.3 Å². The zero-order chi connectivity index (χ0) is 13.8. The molecule has 5 heteroatoms. The highest BCUT2D eigenvalue weighted by molar-refractivity contribution is 6.30. The average Bonchev–Trinajstić information content (AvgIpc) is 2.46. The number of hydrogen-bond acceptors (Lipinski definition) is 4. The minimum Gasteiger partial charge on any atom is -0.496 e. The van der Waals surface area contributed by atoms with E-state index in [1.54, 1.807) is 38.6 Å². The average molecular weight is 279 g/mol. The van der Waals surface area contributed by atoms with Crippen LogP contribution in [0, 0.1) is 0 Å². The van der Waals surface area contributed by atoms with Crippen molar-refractivity contribution in [2.75, 3.05) is 14.2 Å². The van der Waals surface area contributed by atoms with Crippen LogP contribution in [-0.2, 0) is 0 Å². The third-order valence-corrected chi connectivity index (χ3v) is 3.09. The van der Waals surface area contributed by atoms with Crippen molar-refractivity contribution in [3.63, 3.8) is 0 Å². The normalized spacial score (nSPS) is 12.0. The van der Waals surface area contributed by atoms with Crippen LogP contribution >= 0.6 is 11.6 Å². The quantitative estimate of drug-likeness (QED) is 0.934. The Balaban J connectivity index is 2.49. The number of aromatic nitrogens is 1. The molecule has 0 fully saturated rings. The maximum atomic E-state index is 6.28. The van der Waals surface area contributed by atoms with E-state index in [0.29, 0.717) is 16.7 Å². The molecule has 2 N–H and O–H groups in total. The summed E-state index contributed by atoms with van der Waals surface area (Å²) in [7, 11) is 3.16. The van der Waals surface area contributed by atoms with Gasteiger partial charge in [0.05, 0.1) is 20.3 Å². The third-order valence-electron chi connectivity index (χ3n) is 2.86. The van der Waals surface area contributed by atoms with Gasteiger partial charge in [-0.3, -0.25) is 0 Å². The first kappa shape index (κ1) is 13.6. The van der Waals surface area contributed by atoms with Crippen molar-refractivity contribution in [2.24, 2.45) is 5.73 Å². The second kappa shape index (κ2) is 5.91.